The molecule has 0 spiro atoms. The average molecular weight is 557 g/mol. The van der Waals surface area contributed by atoms with Gasteiger partial charge in [-0.25, -0.2) is 9.59 Å². The number of hydrogen-bond donors (Lipinski definition) is 4. The van der Waals surface area contributed by atoms with Crippen molar-refractivity contribution in [2.45, 2.75) is 0 Å². The number of aromatic carboxylic acids is 2. The van der Waals surface area contributed by atoms with Gasteiger partial charge in [0.15, 0.2) is 5.78 Å². The van der Waals surface area contributed by atoms with Crippen molar-refractivity contribution < 1.29 is 34.2 Å². The van der Waals surface area contributed by atoms with Crippen molar-refractivity contribution in [1.29, 1.82) is 0 Å². The zero-order valence-corrected chi connectivity index (χ0v) is 21.7. The molecule has 0 aromatic heterocycles. The Morgan fingerprint density at radius 2 is 0.881 bits per heavy atom. The number of ketones is 1. The van der Waals surface area contributed by atoms with E-state index in [-0.39, 0.29) is 28.0 Å². The Kier molecular flexibility index (Phi) is 8.27. The van der Waals surface area contributed by atoms with Crippen LogP contribution >= 0.6 is 0 Å². The van der Waals surface area contributed by atoms with E-state index >= 15 is 0 Å². The highest BCUT2D eigenvalue weighted by Crippen LogP contribution is 2.20. The van der Waals surface area contributed by atoms with Gasteiger partial charge < -0.3 is 20.8 Å². The molecule has 0 fully saturated rings. The van der Waals surface area contributed by atoms with Crippen LogP contribution in [0.3, 0.4) is 0 Å². The second-order valence-corrected chi connectivity index (χ2v) is 8.81. The van der Waals surface area contributed by atoms with Crippen LogP contribution in [0.2, 0.25) is 0 Å². The Hall–Kier alpha value is -6.45. The van der Waals surface area contributed by atoms with E-state index < -0.39 is 23.8 Å². The number of carboxylic acid groups (broad SMARTS) is 2. The summed E-state index contributed by atoms with van der Waals surface area (Å²) in [5, 5.41) is 24.1. The zero-order chi connectivity index (χ0) is 30.4. The first kappa shape index (κ1) is 28.6. The third kappa shape index (κ3) is 6.23. The molecule has 4 aromatic rings. The van der Waals surface area contributed by atoms with Gasteiger partial charge in [-0.15, -0.1) is 12.8 Å². The fourth-order valence-electron chi connectivity index (χ4n) is 3.99. The quantitative estimate of drug-likeness (QED) is 0.180. The largest absolute Gasteiger partial charge is 0.478 e. The number of carboxylic acids is 2. The molecule has 0 saturated heterocycles. The van der Waals surface area contributed by atoms with Crippen LogP contribution < -0.4 is 10.6 Å². The number of benzene rings is 4. The van der Waals surface area contributed by atoms with Crippen LogP contribution in [0.25, 0.3) is 0 Å². The maximum absolute atomic E-state index is 13.0. The number of carbonyl (C=O) groups is 5. The second-order valence-electron chi connectivity index (χ2n) is 8.81. The molecule has 4 aromatic carbocycles. The van der Waals surface area contributed by atoms with Crippen LogP contribution in [0.1, 0.15) is 68.5 Å². The van der Waals surface area contributed by atoms with Gasteiger partial charge in [-0.1, -0.05) is 11.8 Å². The fraction of sp³-hybridized carbons (Fsp3) is 0. The van der Waals surface area contributed by atoms with Crippen molar-refractivity contribution in [3.8, 4) is 24.7 Å². The molecule has 0 bridgehead atoms. The zero-order valence-electron chi connectivity index (χ0n) is 21.7. The summed E-state index contributed by atoms with van der Waals surface area (Å²) >= 11 is 0. The van der Waals surface area contributed by atoms with Gasteiger partial charge in [0, 0.05) is 33.6 Å². The highest BCUT2D eigenvalue weighted by Gasteiger charge is 2.19. The lowest BCUT2D eigenvalue weighted by molar-refractivity contribution is 0.0683. The summed E-state index contributed by atoms with van der Waals surface area (Å²) in [4.78, 5) is 61.5. The van der Waals surface area contributed by atoms with E-state index in [9.17, 15) is 34.2 Å². The van der Waals surface area contributed by atoms with Crippen LogP contribution in [0.15, 0.2) is 84.9 Å². The van der Waals surface area contributed by atoms with Crippen molar-refractivity contribution in [3.05, 3.63) is 129 Å². The van der Waals surface area contributed by atoms with E-state index in [1.165, 1.54) is 84.9 Å². The minimum atomic E-state index is -1.30. The molecular formula is C33H20N2O7. The Morgan fingerprint density at radius 3 is 1.19 bits per heavy atom. The maximum Gasteiger partial charge on any atom is 0.336 e. The lowest BCUT2D eigenvalue weighted by Gasteiger charge is -2.10. The molecule has 4 rings (SSSR count). The molecule has 0 heterocycles. The van der Waals surface area contributed by atoms with Gasteiger partial charge in [0.1, 0.15) is 0 Å². The SMILES string of the molecule is C#Cc1ccc(C(=O)Nc2ccc(C(=O)c3ccc(NC(=O)c4ccc(C#C)cc4C(=O)O)cc3)cc2)c(C(=O)O)c1. The molecule has 0 radical (unpaired) electrons. The van der Waals surface area contributed by atoms with Crippen LogP contribution in [-0.2, 0) is 0 Å². The summed E-state index contributed by atoms with van der Waals surface area (Å²) < 4.78 is 0. The summed E-state index contributed by atoms with van der Waals surface area (Å²) in [5.74, 6) is 0.407. The number of carbonyl (C=O) groups excluding carboxylic acids is 3. The van der Waals surface area contributed by atoms with Gasteiger partial charge in [-0.05, 0) is 84.9 Å². The van der Waals surface area contributed by atoms with Crippen LogP contribution in [0.4, 0.5) is 11.4 Å². The molecule has 0 aliphatic carbocycles. The van der Waals surface area contributed by atoms with Crippen molar-refractivity contribution in [2.24, 2.45) is 0 Å². The van der Waals surface area contributed by atoms with Crippen molar-refractivity contribution in [1.82, 2.24) is 0 Å². The molecule has 2 amide bonds. The molecule has 0 aliphatic rings. The smallest absolute Gasteiger partial charge is 0.336 e. The Morgan fingerprint density at radius 1 is 0.524 bits per heavy atom. The fourth-order valence-corrected chi connectivity index (χ4v) is 3.99. The van der Waals surface area contributed by atoms with E-state index in [2.05, 4.69) is 22.5 Å². The molecule has 0 aliphatic heterocycles. The van der Waals surface area contributed by atoms with E-state index in [1.807, 2.05) is 0 Å². The number of rotatable bonds is 8. The predicted molar refractivity (Wildman–Crippen MR) is 155 cm³/mol. The summed E-state index contributed by atoms with van der Waals surface area (Å²) in [5.41, 5.74) is 1.33. The molecular weight excluding hydrogens is 536 g/mol. The summed E-state index contributed by atoms with van der Waals surface area (Å²) in [6.45, 7) is 0. The van der Waals surface area contributed by atoms with E-state index in [0.29, 0.717) is 33.6 Å². The molecule has 9 nitrogen and oxygen atoms in total. The first-order valence-corrected chi connectivity index (χ1v) is 12.2. The highest BCUT2D eigenvalue weighted by atomic mass is 16.4. The number of nitrogens with one attached hydrogen (secondary N) is 2. The molecule has 9 heteroatoms. The topological polar surface area (TPSA) is 150 Å². The van der Waals surface area contributed by atoms with Crippen LogP contribution in [0, 0.1) is 24.7 Å². The first-order valence-electron chi connectivity index (χ1n) is 12.2. The minimum absolute atomic E-state index is 0.0717. The van der Waals surface area contributed by atoms with Gasteiger partial charge in [0.05, 0.1) is 22.3 Å². The second kappa shape index (κ2) is 12.2. The first-order chi connectivity index (χ1) is 20.1. The monoisotopic (exact) mass is 556 g/mol. The normalized spacial score (nSPS) is 10.0. The van der Waals surface area contributed by atoms with E-state index in [4.69, 9.17) is 12.8 Å². The molecule has 204 valence electrons. The summed E-state index contributed by atoms with van der Waals surface area (Å²) in [7, 11) is 0. The maximum atomic E-state index is 13.0. The number of amides is 2. The van der Waals surface area contributed by atoms with Gasteiger partial charge in [-0.2, -0.15) is 0 Å². The lowest BCUT2D eigenvalue weighted by Crippen LogP contribution is -2.17. The van der Waals surface area contributed by atoms with Crippen molar-refractivity contribution >= 4 is 40.9 Å². The van der Waals surface area contributed by atoms with Crippen LogP contribution in [0.5, 0.6) is 0 Å². The standard InChI is InChI=1S/C33H20N2O7/c1-3-19-5-15-25(27(17-19)32(39)40)30(37)34-23-11-7-21(8-12-23)29(36)22-9-13-24(14-10-22)35-31(38)26-16-6-20(4-2)18-28(26)33(41)42/h1-2,5-18H,(H,34,37)(H,35,38)(H,39,40)(H,41,42). The number of terminal acetylenes is 2. The molecule has 4 N–H and O–H groups in total. The molecule has 0 unspecified atom stereocenters. The van der Waals surface area contributed by atoms with Gasteiger partial charge in [0.2, 0.25) is 0 Å². The third-order valence-corrected chi connectivity index (χ3v) is 6.13. The highest BCUT2D eigenvalue weighted by molar-refractivity contribution is 6.13. The molecule has 42 heavy (non-hydrogen) atoms. The summed E-state index contributed by atoms with van der Waals surface area (Å²) in [6.07, 6.45) is 10.6. The minimum Gasteiger partial charge on any atom is -0.478 e. The third-order valence-electron chi connectivity index (χ3n) is 6.13. The number of hydrogen-bond acceptors (Lipinski definition) is 5. The van der Waals surface area contributed by atoms with Crippen molar-refractivity contribution in [3.63, 3.8) is 0 Å². The van der Waals surface area contributed by atoms with Gasteiger partial charge in [-0.3, -0.25) is 14.4 Å². The summed E-state index contributed by atoms with van der Waals surface area (Å²) in [6, 6.07) is 20.1. The average Bonchev–Trinajstić information content (AvgIpc) is 3.00. The van der Waals surface area contributed by atoms with Gasteiger partial charge >= 0.3 is 11.9 Å². The molecule has 0 atom stereocenters. The Labute approximate surface area is 239 Å². The Bertz CT molecular complexity index is 1710. The number of anilines is 2. The van der Waals surface area contributed by atoms with Gasteiger partial charge in [0.25, 0.3) is 11.8 Å². The predicted octanol–water partition coefficient (Wildman–Crippen LogP) is 4.78. The van der Waals surface area contributed by atoms with Crippen molar-refractivity contribution in [2.75, 3.05) is 10.6 Å². The molecule has 0 saturated carbocycles. The van der Waals surface area contributed by atoms with E-state index in [0.717, 1.165) is 0 Å². The lowest BCUT2D eigenvalue weighted by atomic mass is 10.0. The van der Waals surface area contributed by atoms with Crippen LogP contribution in [-0.4, -0.2) is 39.7 Å². The Balaban J connectivity index is 1.44. The van der Waals surface area contributed by atoms with E-state index in [1.54, 1.807) is 0 Å².